The lowest BCUT2D eigenvalue weighted by atomic mass is 11.1. The molecule has 0 aliphatic rings. The second-order valence-corrected chi connectivity index (χ2v) is 1.31. The van der Waals surface area contributed by atoms with Crippen LogP contribution in [0.15, 0.2) is 17.8 Å². The van der Waals surface area contributed by atoms with Crippen LogP contribution < -0.4 is 0 Å². The molecule has 0 fully saturated rings. The first-order valence-corrected chi connectivity index (χ1v) is 2.27. The molecule has 0 radical (unpaired) electrons. The smallest absolute Gasteiger partial charge is 0.137 e. The standard InChI is InChI=1S/C3H4N6/c4-8-6-3-9-2-5-1-7-9/h1-2H,3H2. The lowest BCUT2D eigenvalue weighted by Crippen LogP contribution is -1.93. The first-order valence-electron chi connectivity index (χ1n) is 2.27. The Morgan fingerprint density at radius 2 is 2.67 bits per heavy atom. The molecule has 0 amide bonds. The van der Waals surface area contributed by atoms with Gasteiger partial charge in [-0.15, -0.1) is 0 Å². The van der Waals surface area contributed by atoms with Crippen molar-refractivity contribution in [3.05, 3.63) is 23.1 Å². The van der Waals surface area contributed by atoms with Crippen LogP contribution in [0.2, 0.25) is 0 Å². The van der Waals surface area contributed by atoms with Crippen LogP contribution in [0.25, 0.3) is 10.4 Å². The quantitative estimate of drug-likeness (QED) is 0.327. The van der Waals surface area contributed by atoms with Gasteiger partial charge in [0.2, 0.25) is 0 Å². The summed E-state index contributed by atoms with van der Waals surface area (Å²) in [5.41, 5.74) is 7.86. The summed E-state index contributed by atoms with van der Waals surface area (Å²) in [7, 11) is 0. The average molecular weight is 124 g/mol. The monoisotopic (exact) mass is 124 g/mol. The highest BCUT2D eigenvalue weighted by Gasteiger charge is 1.82. The third kappa shape index (κ3) is 1.43. The molecule has 0 N–H and O–H groups in total. The van der Waals surface area contributed by atoms with Crippen molar-refractivity contribution in [3.63, 3.8) is 0 Å². The third-order valence-electron chi connectivity index (χ3n) is 0.738. The maximum atomic E-state index is 7.86. The van der Waals surface area contributed by atoms with Gasteiger partial charge in [-0.1, -0.05) is 5.11 Å². The van der Waals surface area contributed by atoms with E-state index in [-0.39, 0.29) is 6.67 Å². The van der Waals surface area contributed by atoms with E-state index in [1.54, 1.807) is 0 Å². The van der Waals surface area contributed by atoms with Gasteiger partial charge in [0.15, 0.2) is 0 Å². The molecule has 6 heteroatoms. The molecule has 1 heterocycles. The van der Waals surface area contributed by atoms with Gasteiger partial charge < -0.3 is 0 Å². The van der Waals surface area contributed by atoms with E-state index >= 15 is 0 Å². The summed E-state index contributed by atoms with van der Waals surface area (Å²) in [6.07, 6.45) is 2.86. The summed E-state index contributed by atoms with van der Waals surface area (Å²) < 4.78 is 1.43. The van der Waals surface area contributed by atoms with Crippen molar-refractivity contribution >= 4 is 0 Å². The Labute approximate surface area is 50.8 Å². The van der Waals surface area contributed by atoms with E-state index in [0.717, 1.165) is 0 Å². The number of rotatable bonds is 2. The van der Waals surface area contributed by atoms with Crippen LogP contribution in [0.1, 0.15) is 0 Å². The number of azide groups is 1. The molecule has 9 heavy (non-hydrogen) atoms. The Balaban J connectivity index is 2.57. The number of hydrogen-bond acceptors (Lipinski definition) is 3. The van der Waals surface area contributed by atoms with Gasteiger partial charge in [0.25, 0.3) is 0 Å². The molecule has 0 atom stereocenters. The van der Waals surface area contributed by atoms with E-state index in [1.165, 1.54) is 17.3 Å². The number of aromatic nitrogens is 3. The molecule has 0 aliphatic carbocycles. The Kier molecular flexibility index (Phi) is 1.66. The van der Waals surface area contributed by atoms with Gasteiger partial charge in [0.1, 0.15) is 19.3 Å². The molecule has 0 aromatic carbocycles. The van der Waals surface area contributed by atoms with Gasteiger partial charge >= 0.3 is 0 Å². The first kappa shape index (κ1) is 5.58. The molecule has 0 saturated carbocycles. The maximum absolute atomic E-state index is 7.86. The molecule has 0 unspecified atom stereocenters. The molecule has 0 aliphatic heterocycles. The van der Waals surface area contributed by atoms with E-state index < -0.39 is 0 Å². The molecule has 6 nitrogen and oxygen atoms in total. The zero-order chi connectivity index (χ0) is 6.53. The minimum atomic E-state index is 0.205. The van der Waals surface area contributed by atoms with Crippen LogP contribution in [0.4, 0.5) is 0 Å². The maximum Gasteiger partial charge on any atom is 0.137 e. The fourth-order valence-electron chi connectivity index (χ4n) is 0.399. The zero-order valence-electron chi connectivity index (χ0n) is 4.55. The van der Waals surface area contributed by atoms with Crippen molar-refractivity contribution in [3.8, 4) is 0 Å². The summed E-state index contributed by atoms with van der Waals surface area (Å²) >= 11 is 0. The minimum absolute atomic E-state index is 0.205. The van der Waals surface area contributed by atoms with Crippen LogP contribution in [0.5, 0.6) is 0 Å². The Morgan fingerprint density at radius 3 is 3.22 bits per heavy atom. The molecule has 1 aromatic rings. The van der Waals surface area contributed by atoms with Crippen LogP contribution in [-0.2, 0) is 6.67 Å². The highest BCUT2D eigenvalue weighted by molar-refractivity contribution is 4.54. The second kappa shape index (κ2) is 2.68. The fraction of sp³-hybridized carbons (Fsp3) is 0.333. The first-order chi connectivity index (χ1) is 4.43. The normalized spacial score (nSPS) is 8.44. The van der Waals surface area contributed by atoms with Crippen LogP contribution >= 0.6 is 0 Å². The van der Waals surface area contributed by atoms with Gasteiger partial charge in [-0.3, -0.25) is 0 Å². The SMILES string of the molecule is [N-]=[N+]=NCn1cncn1. The van der Waals surface area contributed by atoms with Crippen molar-refractivity contribution in [1.82, 2.24) is 14.8 Å². The predicted molar refractivity (Wildman–Crippen MR) is 29.2 cm³/mol. The Morgan fingerprint density at radius 1 is 1.78 bits per heavy atom. The second-order valence-electron chi connectivity index (χ2n) is 1.31. The van der Waals surface area contributed by atoms with Gasteiger partial charge in [-0.2, -0.15) is 5.10 Å². The lowest BCUT2D eigenvalue weighted by Gasteiger charge is -1.86. The molecule has 1 rings (SSSR count). The third-order valence-corrected chi connectivity index (χ3v) is 0.738. The molecular weight excluding hydrogens is 120 g/mol. The van der Waals surface area contributed by atoms with Crippen molar-refractivity contribution in [1.29, 1.82) is 0 Å². The Hall–Kier alpha value is -1.55. The number of nitrogens with zero attached hydrogens (tertiary/aromatic N) is 6. The predicted octanol–water partition coefficient (Wildman–Crippen LogP) is 0.546. The molecule has 46 valence electrons. The molecule has 0 bridgehead atoms. The van der Waals surface area contributed by atoms with Crippen molar-refractivity contribution < 1.29 is 0 Å². The van der Waals surface area contributed by atoms with Gasteiger partial charge in [-0.05, 0) is 5.53 Å². The highest BCUT2D eigenvalue weighted by Crippen LogP contribution is 1.79. The molecule has 0 saturated heterocycles. The summed E-state index contributed by atoms with van der Waals surface area (Å²) in [4.78, 5) is 6.19. The average Bonchev–Trinajstić information content (AvgIpc) is 2.34. The fourth-order valence-corrected chi connectivity index (χ4v) is 0.399. The van der Waals surface area contributed by atoms with Gasteiger partial charge in [-0.25, -0.2) is 9.67 Å². The Bertz CT molecular complexity index is 206. The van der Waals surface area contributed by atoms with E-state index in [0.29, 0.717) is 0 Å². The van der Waals surface area contributed by atoms with E-state index in [1.807, 2.05) is 0 Å². The summed E-state index contributed by atoms with van der Waals surface area (Å²) in [5.74, 6) is 0. The minimum Gasteiger partial charge on any atom is -0.247 e. The molecule has 0 spiro atoms. The van der Waals surface area contributed by atoms with Crippen molar-refractivity contribution in [2.45, 2.75) is 6.67 Å². The van der Waals surface area contributed by atoms with E-state index in [2.05, 4.69) is 20.1 Å². The van der Waals surface area contributed by atoms with E-state index in [4.69, 9.17) is 5.53 Å². The summed E-state index contributed by atoms with van der Waals surface area (Å²) in [5, 5.41) is 6.95. The topological polar surface area (TPSA) is 79.5 Å². The van der Waals surface area contributed by atoms with Crippen LogP contribution in [0.3, 0.4) is 0 Å². The van der Waals surface area contributed by atoms with Gasteiger partial charge in [0.05, 0.1) is 0 Å². The van der Waals surface area contributed by atoms with Crippen LogP contribution in [0, 0.1) is 0 Å². The van der Waals surface area contributed by atoms with Gasteiger partial charge in [0, 0.05) is 4.91 Å². The van der Waals surface area contributed by atoms with Crippen molar-refractivity contribution in [2.75, 3.05) is 0 Å². The summed E-state index contributed by atoms with van der Waals surface area (Å²) in [6.45, 7) is 0.205. The lowest BCUT2D eigenvalue weighted by molar-refractivity contribution is 0.633. The zero-order valence-corrected chi connectivity index (χ0v) is 4.55. The van der Waals surface area contributed by atoms with Crippen molar-refractivity contribution in [2.24, 2.45) is 5.11 Å². The highest BCUT2D eigenvalue weighted by atomic mass is 15.4. The molecule has 1 aromatic heterocycles. The number of hydrogen-bond donors (Lipinski definition) is 0. The van der Waals surface area contributed by atoms with Crippen LogP contribution in [-0.4, -0.2) is 14.8 Å². The largest absolute Gasteiger partial charge is 0.247 e. The summed E-state index contributed by atoms with van der Waals surface area (Å²) in [6, 6.07) is 0. The van der Waals surface area contributed by atoms with E-state index in [9.17, 15) is 0 Å². The molecular formula is C3H4N6.